The van der Waals surface area contributed by atoms with Crippen LogP contribution in [0.4, 0.5) is 0 Å². The van der Waals surface area contributed by atoms with Gasteiger partial charge in [-0.15, -0.1) is 0 Å². The lowest BCUT2D eigenvalue weighted by atomic mass is 10.7. The first-order valence-corrected chi connectivity index (χ1v) is 7.26. The molecule has 0 aromatic carbocycles. The zero-order valence-corrected chi connectivity index (χ0v) is 11.1. The van der Waals surface area contributed by atoms with E-state index in [2.05, 4.69) is 6.58 Å². The summed E-state index contributed by atoms with van der Waals surface area (Å²) >= 11 is 0. The van der Waals surface area contributed by atoms with Gasteiger partial charge in [0.25, 0.3) is 11.9 Å². The number of hydrogen-bond acceptors (Lipinski definition) is 6. The van der Waals surface area contributed by atoms with Crippen molar-refractivity contribution in [3.05, 3.63) is 12.7 Å². The SMILES string of the molecule is C=CC(=O)OC[Si](CC)(OC(C)=O)OC(C)=O. The third-order valence-electron chi connectivity index (χ3n) is 1.80. The van der Waals surface area contributed by atoms with Gasteiger partial charge >= 0.3 is 14.5 Å². The molecule has 0 N–H and O–H groups in total. The summed E-state index contributed by atoms with van der Waals surface area (Å²) in [7, 11) is -3.16. The molecule has 6 nitrogen and oxygen atoms in total. The van der Waals surface area contributed by atoms with Gasteiger partial charge in [-0.05, 0) is 0 Å². The number of esters is 1. The molecule has 7 heteroatoms. The third kappa shape index (κ3) is 5.86. The maximum absolute atomic E-state index is 11.0. The second-order valence-corrected chi connectivity index (χ2v) is 6.49. The van der Waals surface area contributed by atoms with Crippen molar-refractivity contribution in [2.45, 2.75) is 26.8 Å². The number of carbonyl (C=O) groups is 3. The van der Waals surface area contributed by atoms with Crippen molar-refractivity contribution in [3.8, 4) is 0 Å². The highest BCUT2D eigenvalue weighted by Gasteiger charge is 2.44. The van der Waals surface area contributed by atoms with Gasteiger partial charge in [0.15, 0.2) is 6.23 Å². The Morgan fingerprint density at radius 2 is 1.65 bits per heavy atom. The Labute approximate surface area is 101 Å². The largest absolute Gasteiger partial charge is 0.503 e. The van der Waals surface area contributed by atoms with E-state index >= 15 is 0 Å². The molecule has 0 unspecified atom stereocenters. The first-order chi connectivity index (χ1) is 7.85. The standard InChI is InChI=1S/C10H16O6Si/c1-5-10(13)14-7-17(6-2,15-8(3)11)16-9(4)12/h5H,1,6-7H2,2-4H3. The van der Waals surface area contributed by atoms with Gasteiger partial charge in [0.05, 0.1) is 0 Å². The monoisotopic (exact) mass is 260 g/mol. The smallest absolute Gasteiger partial charge is 0.483 e. The van der Waals surface area contributed by atoms with Gasteiger partial charge in [0.2, 0.25) is 0 Å². The molecule has 0 amide bonds. The fraction of sp³-hybridized carbons (Fsp3) is 0.500. The minimum Gasteiger partial charge on any atom is -0.483 e. The molecule has 0 rings (SSSR count). The molecule has 0 fully saturated rings. The Morgan fingerprint density at radius 1 is 1.18 bits per heavy atom. The molecule has 0 saturated carbocycles. The molecule has 0 heterocycles. The Bertz CT molecular complexity index is 309. The normalized spacial score (nSPS) is 10.3. The molecule has 0 aliphatic carbocycles. The van der Waals surface area contributed by atoms with Crippen LogP contribution in [0.15, 0.2) is 12.7 Å². The Morgan fingerprint density at radius 3 is 1.94 bits per heavy atom. The minimum atomic E-state index is -3.16. The van der Waals surface area contributed by atoms with E-state index in [0.717, 1.165) is 6.08 Å². The molecule has 0 saturated heterocycles. The second-order valence-electron chi connectivity index (χ2n) is 3.26. The van der Waals surface area contributed by atoms with Crippen LogP contribution in [0.3, 0.4) is 0 Å². The quantitative estimate of drug-likeness (QED) is 0.400. The van der Waals surface area contributed by atoms with Crippen LogP contribution in [0, 0.1) is 0 Å². The maximum atomic E-state index is 11.0. The van der Waals surface area contributed by atoms with E-state index in [-0.39, 0.29) is 6.23 Å². The van der Waals surface area contributed by atoms with E-state index in [9.17, 15) is 14.4 Å². The number of hydrogen-bond donors (Lipinski definition) is 0. The lowest BCUT2D eigenvalue weighted by molar-refractivity contribution is -0.144. The number of carbonyl (C=O) groups excluding carboxylic acids is 3. The molecule has 0 aromatic heterocycles. The third-order valence-corrected chi connectivity index (χ3v) is 4.78. The lowest BCUT2D eigenvalue weighted by Crippen LogP contribution is -2.49. The fourth-order valence-electron chi connectivity index (χ4n) is 1.09. The van der Waals surface area contributed by atoms with Gasteiger partial charge in [-0.25, -0.2) is 4.79 Å². The zero-order valence-electron chi connectivity index (χ0n) is 10.1. The summed E-state index contributed by atoms with van der Waals surface area (Å²) in [5.41, 5.74) is 0. The summed E-state index contributed by atoms with van der Waals surface area (Å²) in [5.74, 6) is -1.81. The summed E-state index contributed by atoms with van der Waals surface area (Å²) in [4.78, 5) is 32.9. The van der Waals surface area contributed by atoms with E-state index in [4.69, 9.17) is 13.6 Å². The van der Waals surface area contributed by atoms with E-state index in [0.29, 0.717) is 6.04 Å². The molecular weight excluding hydrogens is 244 g/mol. The van der Waals surface area contributed by atoms with Crippen LogP contribution in [-0.2, 0) is 28.0 Å². The molecule has 0 radical (unpaired) electrons. The zero-order chi connectivity index (χ0) is 13.5. The predicted molar refractivity (Wildman–Crippen MR) is 60.9 cm³/mol. The van der Waals surface area contributed by atoms with Gasteiger partial charge in [-0.2, -0.15) is 0 Å². The fourth-order valence-corrected chi connectivity index (χ4v) is 3.15. The maximum Gasteiger partial charge on any atom is 0.503 e. The van der Waals surface area contributed by atoms with E-state index in [1.165, 1.54) is 13.8 Å². The molecular formula is C10H16O6Si. The molecule has 0 atom stereocenters. The van der Waals surface area contributed by atoms with Gasteiger partial charge in [0, 0.05) is 26.0 Å². The number of rotatable bonds is 6. The number of ether oxygens (including phenoxy) is 1. The topological polar surface area (TPSA) is 78.9 Å². The van der Waals surface area contributed by atoms with Crippen molar-refractivity contribution < 1.29 is 28.0 Å². The van der Waals surface area contributed by atoms with Crippen LogP contribution >= 0.6 is 0 Å². The summed E-state index contributed by atoms with van der Waals surface area (Å²) in [6, 6.07) is 0.302. The van der Waals surface area contributed by atoms with Crippen LogP contribution in [-0.4, -0.2) is 32.7 Å². The van der Waals surface area contributed by atoms with Crippen LogP contribution in [0.2, 0.25) is 6.04 Å². The van der Waals surface area contributed by atoms with Crippen molar-refractivity contribution in [1.29, 1.82) is 0 Å². The molecule has 0 aliphatic rings. The van der Waals surface area contributed by atoms with Gasteiger partial charge in [0.1, 0.15) is 0 Å². The van der Waals surface area contributed by atoms with Crippen LogP contribution < -0.4 is 0 Å². The van der Waals surface area contributed by atoms with Crippen LogP contribution in [0.25, 0.3) is 0 Å². The first kappa shape index (κ1) is 15.4. The molecule has 0 aliphatic heterocycles. The second kappa shape index (κ2) is 6.84. The van der Waals surface area contributed by atoms with Crippen LogP contribution in [0.1, 0.15) is 20.8 Å². The Kier molecular flexibility index (Phi) is 6.19. The molecule has 17 heavy (non-hydrogen) atoms. The Balaban J connectivity index is 4.77. The first-order valence-electron chi connectivity index (χ1n) is 5.03. The molecule has 0 aromatic rings. The summed E-state index contributed by atoms with van der Waals surface area (Å²) < 4.78 is 14.9. The highest BCUT2D eigenvalue weighted by atomic mass is 28.4. The van der Waals surface area contributed by atoms with Crippen LogP contribution in [0.5, 0.6) is 0 Å². The molecule has 0 spiro atoms. The summed E-state index contributed by atoms with van der Waals surface area (Å²) in [5, 5.41) is 0. The molecule has 96 valence electrons. The predicted octanol–water partition coefficient (Wildman–Crippen LogP) is 0.843. The molecule has 0 bridgehead atoms. The van der Waals surface area contributed by atoms with Gasteiger partial charge in [-0.3, -0.25) is 9.59 Å². The van der Waals surface area contributed by atoms with Gasteiger partial charge in [-0.1, -0.05) is 13.5 Å². The lowest BCUT2D eigenvalue weighted by Gasteiger charge is -2.26. The van der Waals surface area contributed by atoms with Crippen molar-refractivity contribution in [2.75, 3.05) is 6.23 Å². The average molecular weight is 260 g/mol. The van der Waals surface area contributed by atoms with E-state index < -0.39 is 26.5 Å². The summed E-state index contributed by atoms with van der Waals surface area (Å²) in [6.45, 7) is 7.34. The highest BCUT2D eigenvalue weighted by molar-refractivity contribution is 6.70. The van der Waals surface area contributed by atoms with E-state index in [1.807, 2.05) is 0 Å². The van der Waals surface area contributed by atoms with Crippen molar-refractivity contribution >= 4 is 26.5 Å². The van der Waals surface area contributed by atoms with Crippen molar-refractivity contribution in [2.24, 2.45) is 0 Å². The van der Waals surface area contributed by atoms with Gasteiger partial charge < -0.3 is 13.6 Å². The van der Waals surface area contributed by atoms with Crippen molar-refractivity contribution in [1.82, 2.24) is 0 Å². The average Bonchev–Trinajstić information content (AvgIpc) is 2.23. The van der Waals surface area contributed by atoms with Crippen molar-refractivity contribution in [3.63, 3.8) is 0 Å². The minimum absolute atomic E-state index is 0.229. The Hall–Kier alpha value is -1.63. The van der Waals surface area contributed by atoms with E-state index in [1.54, 1.807) is 6.92 Å². The summed E-state index contributed by atoms with van der Waals surface area (Å²) in [6.07, 6.45) is 0.754. The highest BCUT2D eigenvalue weighted by Crippen LogP contribution is 2.15.